The number of hydrogen-bond acceptors (Lipinski definition) is 3. The Kier molecular flexibility index (Phi) is 5.05. The molecule has 0 aromatic heterocycles. The molecular weight excluding hydrogens is 314 g/mol. The van der Waals surface area contributed by atoms with E-state index in [2.05, 4.69) is 18.6 Å². The number of carboxylic acid groups (broad SMARTS) is 1. The van der Waals surface area contributed by atoms with Crippen LogP contribution in [0.15, 0.2) is 53.4 Å². The van der Waals surface area contributed by atoms with Gasteiger partial charge < -0.3 is 5.11 Å². The summed E-state index contributed by atoms with van der Waals surface area (Å²) in [6.07, 6.45) is 0.851. The fourth-order valence-electron chi connectivity index (χ4n) is 2.24. The van der Waals surface area contributed by atoms with E-state index in [1.165, 1.54) is 18.2 Å². The summed E-state index contributed by atoms with van der Waals surface area (Å²) in [7, 11) is -3.83. The first-order valence-electron chi connectivity index (χ1n) is 7.23. The van der Waals surface area contributed by atoms with E-state index in [1.54, 1.807) is 18.2 Å². The van der Waals surface area contributed by atoms with Crippen molar-refractivity contribution in [2.45, 2.75) is 25.2 Å². The van der Waals surface area contributed by atoms with Gasteiger partial charge in [0.05, 0.1) is 10.5 Å². The highest BCUT2D eigenvalue weighted by atomic mass is 32.2. The summed E-state index contributed by atoms with van der Waals surface area (Å²) in [5.41, 5.74) is 1.43. The van der Waals surface area contributed by atoms with E-state index in [1.807, 2.05) is 6.07 Å². The monoisotopic (exact) mass is 333 g/mol. The van der Waals surface area contributed by atoms with E-state index in [0.717, 1.165) is 18.1 Å². The van der Waals surface area contributed by atoms with Crippen LogP contribution >= 0.6 is 0 Å². The molecule has 2 aromatic carbocycles. The number of aromatic carboxylic acids is 1. The lowest BCUT2D eigenvalue weighted by Crippen LogP contribution is -2.14. The fourth-order valence-corrected chi connectivity index (χ4v) is 3.34. The fraction of sp³-hybridized carbons (Fsp3) is 0.235. The molecule has 5 nitrogen and oxygen atoms in total. The van der Waals surface area contributed by atoms with Gasteiger partial charge in [-0.3, -0.25) is 4.72 Å². The molecule has 0 saturated heterocycles. The highest BCUT2D eigenvalue weighted by Crippen LogP contribution is 2.19. The Bertz CT molecular complexity index is 813. The van der Waals surface area contributed by atoms with Crippen molar-refractivity contribution in [3.8, 4) is 0 Å². The molecule has 0 aliphatic carbocycles. The normalized spacial score (nSPS) is 11.4. The molecule has 6 heteroatoms. The molecule has 0 heterocycles. The van der Waals surface area contributed by atoms with Gasteiger partial charge in [0.1, 0.15) is 0 Å². The number of hydrogen-bond donors (Lipinski definition) is 2. The van der Waals surface area contributed by atoms with Crippen LogP contribution in [-0.4, -0.2) is 19.5 Å². The van der Waals surface area contributed by atoms with Gasteiger partial charge in [0.15, 0.2) is 0 Å². The van der Waals surface area contributed by atoms with Crippen molar-refractivity contribution >= 4 is 21.7 Å². The molecule has 122 valence electrons. The van der Waals surface area contributed by atoms with Crippen LogP contribution in [0, 0.1) is 5.92 Å². The highest BCUT2D eigenvalue weighted by Gasteiger charge is 2.16. The largest absolute Gasteiger partial charge is 0.478 e. The second-order valence-electron chi connectivity index (χ2n) is 5.74. The minimum atomic E-state index is -3.83. The number of carbonyl (C=O) groups is 1. The predicted molar refractivity (Wildman–Crippen MR) is 89.2 cm³/mol. The SMILES string of the molecule is CC(C)Cc1cccc(NS(=O)(=O)c2cccc(C(=O)O)c2)c1. The summed E-state index contributed by atoms with van der Waals surface area (Å²) in [5, 5.41) is 8.97. The zero-order valence-electron chi connectivity index (χ0n) is 13.0. The number of anilines is 1. The lowest BCUT2D eigenvalue weighted by molar-refractivity contribution is 0.0696. The summed E-state index contributed by atoms with van der Waals surface area (Å²) in [4.78, 5) is 10.9. The van der Waals surface area contributed by atoms with E-state index < -0.39 is 16.0 Å². The van der Waals surface area contributed by atoms with E-state index in [9.17, 15) is 13.2 Å². The summed E-state index contributed by atoms with van der Waals surface area (Å²) in [5.74, 6) is -0.699. The molecule has 0 saturated carbocycles. The second kappa shape index (κ2) is 6.83. The van der Waals surface area contributed by atoms with E-state index >= 15 is 0 Å². The molecule has 0 fully saturated rings. The third-order valence-corrected chi connectivity index (χ3v) is 4.59. The lowest BCUT2D eigenvalue weighted by atomic mass is 10.0. The van der Waals surface area contributed by atoms with Gasteiger partial charge in [-0.05, 0) is 48.2 Å². The van der Waals surface area contributed by atoms with Crippen molar-refractivity contribution in [1.29, 1.82) is 0 Å². The smallest absolute Gasteiger partial charge is 0.335 e. The first kappa shape index (κ1) is 17.0. The van der Waals surface area contributed by atoms with Gasteiger partial charge in [-0.1, -0.05) is 32.0 Å². The van der Waals surface area contributed by atoms with Gasteiger partial charge in [-0.25, -0.2) is 13.2 Å². The van der Waals surface area contributed by atoms with Crippen molar-refractivity contribution in [3.05, 3.63) is 59.7 Å². The molecule has 2 aromatic rings. The van der Waals surface area contributed by atoms with Crippen molar-refractivity contribution in [3.63, 3.8) is 0 Å². The first-order valence-corrected chi connectivity index (χ1v) is 8.71. The zero-order valence-corrected chi connectivity index (χ0v) is 13.8. The second-order valence-corrected chi connectivity index (χ2v) is 7.42. The molecule has 0 aliphatic rings. The van der Waals surface area contributed by atoms with E-state index in [0.29, 0.717) is 11.6 Å². The molecule has 0 aliphatic heterocycles. The van der Waals surface area contributed by atoms with E-state index in [-0.39, 0.29) is 10.5 Å². The van der Waals surface area contributed by atoms with Crippen LogP contribution < -0.4 is 4.72 Å². The molecule has 0 amide bonds. The number of sulfonamides is 1. The Balaban J connectivity index is 2.28. The van der Waals surface area contributed by atoms with Gasteiger partial charge in [0.2, 0.25) is 0 Å². The Hall–Kier alpha value is -2.34. The predicted octanol–water partition coefficient (Wildman–Crippen LogP) is 3.38. The molecule has 0 radical (unpaired) electrons. The van der Waals surface area contributed by atoms with Crippen LogP contribution in [0.2, 0.25) is 0 Å². The minimum Gasteiger partial charge on any atom is -0.478 e. The van der Waals surface area contributed by atoms with Gasteiger partial charge in [0.25, 0.3) is 10.0 Å². The third kappa shape index (κ3) is 4.56. The topological polar surface area (TPSA) is 83.5 Å². The Morgan fingerprint density at radius 2 is 1.83 bits per heavy atom. The summed E-state index contributed by atoms with van der Waals surface area (Å²) < 4.78 is 27.3. The standard InChI is InChI=1S/C17H19NO4S/c1-12(2)9-13-5-3-7-15(10-13)18-23(21,22)16-8-4-6-14(11-16)17(19)20/h3-8,10-12,18H,9H2,1-2H3,(H,19,20). The number of nitrogens with one attached hydrogen (secondary N) is 1. The first-order chi connectivity index (χ1) is 10.8. The maximum Gasteiger partial charge on any atom is 0.335 e. The maximum atomic E-state index is 12.4. The average molecular weight is 333 g/mol. The number of rotatable bonds is 6. The summed E-state index contributed by atoms with van der Waals surface area (Å²) in [6.45, 7) is 4.18. The van der Waals surface area contributed by atoms with E-state index in [4.69, 9.17) is 5.11 Å². The van der Waals surface area contributed by atoms with Crippen LogP contribution in [0.4, 0.5) is 5.69 Å². The van der Waals surface area contributed by atoms with Crippen molar-refractivity contribution in [2.75, 3.05) is 4.72 Å². The Morgan fingerprint density at radius 3 is 2.48 bits per heavy atom. The van der Waals surface area contributed by atoms with Crippen LogP contribution in [0.5, 0.6) is 0 Å². The summed E-state index contributed by atoms with van der Waals surface area (Å²) >= 11 is 0. The summed E-state index contributed by atoms with van der Waals surface area (Å²) in [6, 6.07) is 12.5. The number of carboxylic acids is 1. The highest BCUT2D eigenvalue weighted by molar-refractivity contribution is 7.92. The molecule has 0 spiro atoms. The molecule has 0 unspecified atom stereocenters. The molecule has 23 heavy (non-hydrogen) atoms. The Labute approximate surface area is 136 Å². The van der Waals surface area contributed by atoms with Gasteiger partial charge in [0, 0.05) is 5.69 Å². The molecule has 0 atom stereocenters. The Morgan fingerprint density at radius 1 is 1.13 bits per heavy atom. The van der Waals surface area contributed by atoms with Gasteiger partial charge >= 0.3 is 5.97 Å². The molecular formula is C17H19NO4S. The van der Waals surface area contributed by atoms with Crippen LogP contribution in [0.25, 0.3) is 0 Å². The van der Waals surface area contributed by atoms with Crippen molar-refractivity contribution in [1.82, 2.24) is 0 Å². The molecule has 2 N–H and O–H groups in total. The number of benzene rings is 2. The van der Waals surface area contributed by atoms with Crippen LogP contribution in [0.3, 0.4) is 0 Å². The average Bonchev–Trinajstić information content (AvgIpc) is 2.46. The van der Waals surface area contributed by atoms with Gasteiger partial charge in [-0.2, -0.15) is 0 Å². The third-order valence-electron chi connectivity index (χ3n) is 3.21. The van der Waals surface area contributed by atoms with Gasteiger partial charge in [-0.15, -0.1) is 0 Å². The van der Waals surface area contributed by atoms with Crippen LogP contribution in [-0.2, 0) is 16.4 Å². The van der Waals surface area contributed by atoms with Crippen molar-refractivity contribution in [2.24, 2.45) is 5.92 Å². The molecule has 0 bridgehead atoms. The van der Waals surface area contributed by atoms with Crippen molar-refractivity contribution < 1.29 is 18.3 Å². The minimum absolute atomic E-state index is 0.0681. The van der Waals surface area contributed by atoms with Crippen LogP contribution in [0.1, 0.15) is 29.8 Å². The maximum absolute atomic E-state index is 12.4. The zero-order chi connectivity index (χ0) is 17.0. The molecule has 2 rings (SSSR count). The quantitative estimate of drug-likeness (QED) is 0.849. The lowest BCUT2D eigenvalue weighted by Gasteiger charge is -2.11.